The van der Waals surface area contributed by atoms with Gasteiger partial charge in [-0.15, -0.1) is 0 Å². The van der Waals surface area contributed by atoms with Gasteiger partial charge in [0, 0.05) is 17.4 Å². The summed E-state index contributed by atoms with van der Waals surface area (Å²) >= 11 is 0. The number of hydrogen-bond acceptors (Lipinski definition) is 2. The van der Waals surface area contributed by atoms with Crippen molar-refractivity contribution in [2.24, 2.45) is 0 Å². The molecule has 0 heterocycles. The van der Waals surface area contributed by atoms with E-state index in [0.717, 1.165) is 0 Å². The van der Waals surface area contributed by atoms with E-state index in [9.17, 15) is 13.2 Å². The monoisotopic (exact) mass is 246 g/mol. The fourth-order valence-corrected chi connectivity index (χ4v) is 1.69. The lowest BCUT2D eigenvalue weighted by Gasteiger charge is -2.31. The minimum Gasteiger partial charge on any atom is -0.398 e. The Bertz CT molecular complexity index is 386. The highest BCUT2D eigenvalue weighted by molar-refractivity contribution is 5.64. The van der Waals surface area contributed by atoms with Gasteiger partial charge >= 0.3 is 6.18 Å². The molecule has 2 N–H and O–H groups in total. The Kier molecular flexibility index (Phi) is 3.91. The molecule has 0 fully saturated rings. The zero-order valence-corrected chi connectivity index (χ0v) is 10.2. The summed E-state index contributed by atoms with van der Waals surface area (Å²) in [5, 5.41) is 0. The first-order valence-corrected chi connectivity index (χ1v) is 5.41. The summed E-state index contributed by atoms with van der Waals surface area (Å²) < 4.78 is 37.5. The molecular weight excluding hydrogens is 229 g/mol. The van der Waals surface area contributed by atoms with Gasteiger partial charge in [-0.1, -0.05) is 6.07 Å². The molecule has 17 heavy (non-hydrogen) atoms. The molecule has 0 aromatic heterocycles. The molecule has 0 amide bonds. The highest BCUT2D eigenvalue weighted by Gasteiger charge is 2.32. The van der Waals surface area contributed by atoms with E-state index in [-0.39, 0.29) is 6.04 Å². The van der Waals surface area contributed by atoms with Gasteiger partial charge in [0.2, 0.25) is 0 Å². The second kappa shape index (κ2) is 4.85. The Morgan fingerprint density at radius 2 is 1.88 bits per heavy atom. The number of hydrogen-bond donors (Lipinski definition) is 1. The Hall–Kier alpha value is -1.39. The van der Waals surface area contributed by atoms with Crippen LogP contribution in [0.15, 0.2) is 18.2 Å². The largest absolute Gasteiger partial charge is 0.405 e. The first-order chi connectivity index (χ1) is 7.72. The number of alkyl halides is 3. The van der Waals surface area contributed by atoms with Crippen LogP contribution in [-0.2, 0) is 0 Å². The fourth-order valence-electron chi connectivity index (χ4n) is 1.69. The Morgan fingerprint density at radius 3 is 2.35 bits per heavy atom. The maximum Gasteiger partial charge on any atom is 0.405 e. The van der Waals surface area contributed by atoms with Crippen molar-refractivity contribution in [3.05, 3.63) is 23.8 Å². The van der Waals surface area contributed by atoms with Crippen LogP contribution >= 0.6 is 0 Å². The predicted octanol–water partition coefficient (Wildman–Crippen LogP) is 3.35. The van der Waals surface area contributed by atoms with Crippen LogP contribution < -0.4 is 10.6 Å². The van der Waals surface area contributed by atoms with Gasteiger partial charge in [-0.05, 0) is 38.5 Å². The zero-order chi connectivity index (χ0) is 13.2. The highest BCUT2D eigenvalue weighted by atomic mass is 19.4. The van der Waals surface area contributed by atoms with Crippen molar-refractivity contribution in [2.75, 3.05) is 17.2 Å². The van der Waals surface area contributed by atoms with E-state index in [1.165, 1.54) is 4.90 Å². The molecule has 0 saturated heterocycles. The standard InChI is InChI=1S/C12H17F3N2/c1-8(2)17(7-12(13,14)15)11-6-4-5-10(16)9(11)3/h4-6,8H,7,16H2,1-3H3. The van der Waals surface area contributed by atoms with Gasteiger partial charge in [-0.25, -0.2) is 0 Å². The summed E-state index contributed by atoms with van der Waals surface area (Å²) in [6.07, 6.45) is -4.22. The number of nitrogen functional groups attached to an aromatic ring is 1. The summed E-state index contributed by atoms with van der Waals surface area (Å²) in [7, 11) is 0. The van der Waals surface area contributed by atoms with Crippen molar-refractivity contribution in [1.29, 1.82) is 0 Å². The third-order valence-corrected chi connectivity index (χ3v) is 2.63. The van der Waals surface area contributed by atoms with Crippen LogP contribution in [0.25, 0.3) is 0 Å². The molecule has 0 aliphatic carbocycles. The zero-order valence-electron chi connectivity index (χ0n) is 10.2. The topological polar surface area (TPSA) is 29.3 Å². The van der Waals surface area contributed by atoms with Crippen LogP contribution in [0, 0.1) is 6.92 Å². The van der Waals surface area contributed by atoms with Crippen molar-refractivity contribution >= 4 is 11.4 Å². The molecule has 96 valence electrons. The number of benzene rings is 1. The van der Waals surface area contributed by atoms with Crippen LogP contribution in [0.2, 0.25) is 0 Å². The van der Waals surface area contributed by atoms with Crippen LogP contribution in [-0.4, -0.2) is 18.8 Å². The van der Waals surface area contributed by atoms with Crippen molar-refractivity contribution in [2.45, 2.75) is 33.0 Å². The van der Waals surface area contributed by atoms with E-state index in [4.69, 9.17) is 5.73 Å². The molecule has 0 aliphatic heterocycles. The van der Waals surface area contributed by atoms with Crippen molar-refractivity contribution < 1.29 is 13.2 Å². The van der Waals surface area contributed by atoms with Gasteiger partial charge in [0.05, 0.1) is 0 Å². The molecule has 0 radical (unpaired) electrons. The molecule has 0 aliphatic rings. The summed E-state index contributed by atoms with van der Waals surface area (Å²) in [6, 6.07) is 4.78. The lowest BCUT2D eigenvalue weighted by atomic mass is 10.1. The number of nitrogens with zero attached hydrogens (tertiary/aromatic N) is 1. The first-order valence-electron chi connectivity index (χ1n) is 5.41. The smallest absolute Gasteiger partial charge is 0.398 e. The van der Waals surface area contributed by atoms with E-state index >= 15 is 0 Å². The minimum absolute atomic E-state index is 0.239. The van der Waals surface area contributed by atoms with E-state index in [1.807, 2.05) is 0 Å². The molecule has 1 aromatic rings. The lowest BCUT2D eigenvalue weighted by Crippen LogP contribution is -2.39. The molecule has 1 rings (SSSR count). The SMILES string of the molecule is Cc1c(N)cccc1N(CC(F)(F)F)C(C)C. The van der Waals surface area contributed by atoms with E-state index in [1.54, 1.807) is 39.0 Å². The minimum atomic E-state index is -4.22. The van der Waals surface area contributed by atoms with Gasteiger partial charge in [0.15, 0.2) is 0 Å². The van der Waals surface area contributed by atoms with Gasteiger partial charge < -0.3 is 10.6 Å². The summed E-state index contributed by atoms with van der Waals surface area (Å²) in [6.45, 7) is 4.23. The molecular formula is C12H17F3N2. The van der Waals surface area contributed by atoms with Crippen LogP contribution in [0.1, 0.15) is 19.4 Å². The average Bonchev–Trinajstić information content (AvgIpc) is 2.17. The maximum atomic E-state index is 12.5. The summed E-state index contributed by atoms with van der Waals surface area (Å²) in [5.74, 6) is 0. The maximum absolute atomic E-state index is 12.5. The summed E-state index contributed by atoms with van der Waals surface area (Å²) in [5.41, 5.74) is 7.45. The molecule has 5 heteroatoms. The second-order valence-electron chi connectivity index (χ2n) is 4.33. The Morgan fingerprint density at radius 1 is 1.29 bits per heavy atom. The number of anilines is 2. The van der Waals surface area contributed by atoms with Gasteiger partial charge in [0.1, 0.15) is 6.54 Å². The van der Waals surface area contributed by atoms with Crippen LogP contribution in [0.3, 0.4) is 0 Å². The molecule has 0 bridgehead atoms. The predicted molar refractivity (Wildman–Crippen MR) is 64.1 cm³/mol. The Labute approximate surface area is 99.2 Å². The molecule has 1 aromatic carbocycles. The van der Waals surface area contributed by atoms with Gasteiger partial charge in [-0.3, -0.25) is 0 Å². The molecule has 0 unspecified atom stereocenters. The van der Waals surface area contributed by atoms with Crippen molar-refractivity contribution in [1.82, 2.24) is 0 Å². The Balaban J connectivity index is 3.10. The molecule has 2 nitrogen and oxygen atoms in total. The average molecular weight is 246 g/mol. The third-order valence-electron chi connectivity index (χ3n) is 2.63. The van der Waals surface area contributed by atoms with E-state index < -0.39 is 12.7 Å². The number of rotatable bonds is 3. The molecule has 0 saturated carbocycles. The number of halogens is 3. The highest BCUT2D eigenvalue weighted by Crippen LogP contribution is 2.29. The second-order valence-corrected chi connectivity index (χ2v) is 4.33. The quantitative estimate of drug-likeness (QED) is 0.829. The third kappa shape index (κ3) is 3.54. The fraction of sp³-hybridized carbons (Fsp3) is 0.500. The van der Waals surface area contributed by atoms with Crippen LogP contribution in [0.5, 0.6) is 0 Å². The van der Waals surface area contributed by atoms with Crippen molar-refractivity contribution in [3.8, 4) is 0 Å². The van der Waals surface area contributed by atoms with Gasteiger partial charge in [0.25, 0.3) is 0 Å². The van der Waals surface area contributed by atoms with E-state index in [0.29, 0.717) is 16.9 Å². The molecule has 0 spiro atoms. The molecule has 0 atom stereocenters. The van der Waals surface area contributed by atoms with E-state index in [2.05, 4.69) is 0 Å². The van der Waals surface area contributed by atoms with Crippen molar-refractivity contribution in [3.63, 3.8) is 0 Å². The number of nitrogens with two attached hydrogens (primary N) is 1. The van der Waals surface area contributed by atoms with Crippen LogP contribution in [0.4, 0.5) is 24.5 Å². The first kappa shape index (κ1) is 13.7. The normalized spacial score (nSPS) is 11.9. The lowest BCUT2D eigenvalue weighted by molar-refractivity contribution is -0.120. The van der Waals surface area contributed by atoms with Gasteiger partial charge in [-0.2, -0.15) is 13.2 Å². The summed E-state index contributed by atoms with van der Waals surface area (Å²) in [4.78, 5) is 1.31.